The van der Waals surface area contributed by atoms with Crippen LogP contribution in [-0.4, -0.2) is 57.9 Å². The van der Waals surface area contributed by atoms with Gasteiger partial charge in [0.05, 0.1) is 12.6 Å². The average Bonchev–Trinajstić information content (AvgIpc) is 2.74. The van der Waals surface area contributed by atoms with Gasteiger partial charge in [0.2, 0.25) is 5.91 Å². The molecule has 0 aliphatic heterocycles. The summed E-state index contributed by atoms with van der Waals surface area (Å²) < 4.78 is 0. The van der Waals surface area contributed by atoms with E-state index in [9.17, 15) is 24.6 Å². The Hall–Kier alpha value is -3.23. The van der Waals surface area contributed by atoms with Crippen LogP contribution in [0.25, 0.3) is 0 Å². The molecule has 0 fully saturated rings. The van der Waals surface area contributed by atoms with Gasteiger partial charge in [-0.15, -0.1) is 0 Å². The third-order valence-electron chi connectivity index (χ3n) is 4.62. The van der Waals surface area contributed by atoms with Crippen LogP contribution in [0.3, 0.4) is 0 Å². The Morgan fingerprint density at radius 2 is 1.37 bits per heavy atom. The van der Waals surface area contributed by atoms with E-state index in [1.165, 1.54) is 0 Å². The maximum atomic E-state index is 12.6. The van der Waals surface area contributed by atoms with Gasteiger partial charge in [0.1, 0.15) is 6.04 Å². The first kappa shape index (κ1) is 23.1. The number of carbonyl (C=O) groups is 3. The average molecular weight is 414 g/mol. The summed E-state index contributed by atoms with van der Waals surface area (Å²) >= 11 is 0. The first-order valence-corrected chi connectivity index (χ1v) is 9.62. The molecule has 0 saturated carbocycles. The van der Waals surface area contributed by atoms with Crippen LogP contribution in [0.5, 0.6) is 0 Å². The summed E-state index contributed by atoms with van der Waals surface area (Å²) in [5.41, 5.74) is 1.80. The van der Waals surface area contributed by atoms with Gasteiger partial charge < -0.3 is 20.6 Å². The molecule has 0 aromatic heterocycles. The molecule has 0 saturated heterocycles. The lowest BCUT2D eigenvalue weighted by atomic mass is 10.0. The van der Waals surface area contributed by atoms with E-state index in [2.05, 4.69) is 10.6 Å². The molecule has 0 heterocycles. The number of amides is 1. The van der Waals surface area contributed by atoms with Crippen molar-refractivity contribution in [1.82, 2.24) is 10.6 Å². The van der Waals surface area contributed by atoms with E-state index in [0.29, 0.717) is 6.42 Å². The summed E-state index contributed by atoms with van der Waals surface area (Å²) in [6.45, 7) is -0.469. The molecular weight excluding hydrogens is 388 g/mol. The van der Waals surface area contributed by atoms with Gasteiger partial charge in [0.25, 0.3) is 0 Å². The number of hydrogen-bond donors (Lipinski definition) is 5. The molecule has 8 nitrogen and oxygen atoms in total. The van der Waals surface area contributed by atoms with E-state index in [1.807, 2.05) is 60.7 Å². The van der Waals surface area contributed by atoms with Crippen molar-refractivity contribution in [3.05, 3.63) is 71.8 Å². The van der Waals surface area contributed by atoms with Crippen LogP contribution >= 0.6 is 0 Å². The van der Waals surface area contributed by atoms with Crippen molar-refractivity contribution in [2.45, 2.75) is 37.5 Å². The monoisotopic (exact) mass is 414 g/mol. The largest absolute Gasteiger partial charge is 0.480 e. The molecule has 0 radical (unpaired) electrons. The Kier molecular flexibility index (Phi) is 8.99. The molecule has 2 aromatic carbocycles. The molecule has 0 aliphatic carbocycles. The Bertz CT molecular complexity index is 828. The molecule has 3 atom stereocenters. The van der Waals surface area contributed by atoms with Crippen molar-refractivity contribution in [3.8, 4) is 0 Å². The van der Waals surface area contributed by atoms with Gasteiger partial charge in [0, 0.05) is 0 Å². The lowest BCUT2D eigenvalue weighted by Crippen LogP contribution is -2.53. The van der Waals surface area contributed by atoms with Gasteiger partial charge in [0.15, 0.2) is 6.10 Å². The van der Waals surface area contributed by atoms with Crippen LogP contribution in [0.15, 0.2) is 60.7 Å². The fraction of sp³-hybridized carbons (Fsp3) is 0.318. The van der Waals surface area contributed by atoms with E-state index < -0.39 is 42.6 Å². The molecule has 2 rings (SSSR count). The molecular formula is C22H26N2O6. The zero-order valence-corrected chi connectivity index (χ0v) is 16.4. The molecule has 160 valence electrons. The summed E-state index contributed by atoms with van der Waals surface area (Å²) in [6, 6.07) is 16.6. The van der Waals surface area contributed by atoms with Crippen LogP contribution in [-0.2, 0) is 27.2 Å². The summed E-state index contributed by atoms with van der Waals surface area (Å²) in [5, 5.41) is 33.1. The molecule has 1 unspecified atom stereocenters. The highest BCUT2D eigenvalue weighted by Crippen LogP contribution is 2.09. The molecule has 0 spiro atoms. The summed E-state index contributed by atoms with van der Waals surface area (Å²) in [5.74, 6) is -3.11. The Balaban J connectivity index is 2.08. The molecule has 0 bridgehead atoms. The van der Waals surface area contributed by atoms with Gasteiger partial charge in [-0.05, 0) is 30.4 Å². The minimum atomic E-state index is -1.74. The molecule has 1 amide bonds. The highest BCUT2D eigenvalue weighted by Gasteiger charge is 2.27. The molecule has 8 heteroatoms. The van der Waals surface area contributed by atoms with Gasteiger partial charge in [-0.3, -0.25) is 14.9 Å². The van der Waals surface area contributed by atoms with E-state index in [0.717, 1.165) is 11.1 Å². The maximum Gasteiger partial charge on any atom is 0.334 e. The fourth-order valence-electron chi connectivity index (χ4n) is 2.96. The van der Waals surface area contributed by atoms with E-state index in [-0.39, 0.29) is 12.8 Å². The van der Waals surface area contributed by atoms with Crippen LogP contribution < -0.4 is 10.6 Å². The first-order valence-electron chi connectivity index (χ1n) is 9.62. The number of nitrogens with one attached hydrogen (secondary N) is 2. The van der Waals surface area contributed by atoms with Gasteiger partial charge in [-0.2, -0.15) is 0 Å². The van der Waals surface area contributed by atoms with E-state index in [4.69, 9.17) is 5.11 Å². The zero-order valence-electron chi connectivity index (χ0n) is 16.4. The highest BCUT2D eigenvalue weighted by molar-refractivity contribution is 5.84. The number of carboxylic acid groups (broad SMARTS) is 2. The zero-order chi connectivity index (χ0) is 21.9. The second-order valence-electron chi connectivity index (χ2n) is 6.92. The molecule has 30 heavy (non-hydrogen) atoms. The van der Waals surface area contributed by atoms with Crippen LogP contribution in [0.4, 0.5) is 0 Å². The molecule has 2 aromatic rings. The third-order valence-corrected chi connectivity index (χ3v) is 4.62. The standard InChI is InChI=1S/C22H26N2O6/c25-19(22(29)30)14-23-20(26)18(13-16-9-5-2-6-10-16)24-17(21(27)28)12-11-15-7-3-1-4-8-15/h1-10,17-19,24-25H,11-14H2,(H,23,26)(H,27,28)(H,29,30)/t17-,18+,19?/m1/s1. The number of hydrogen-bond acceptors (Lipinski definition) is 5. The number of aliphatic carboxylic acids is 2. The second-order valence-corrected chi connectivity index (χ2v) is 6.92. The summed E-state index contributed by atoms with van der Waals surface area (Å²) in [7, 11) is 0. The van der Waals surface area contributed by atoms with Crippen LogP contribution in [0.1, 0.15) is 17.5 Å². The SMILES string of the molecule is O=C(O)C(O)CNC(=O)[C@H](Cc1ccccc1)N[C@H](CCc1ccccc1)C(=O)O. The fourth-order valence-corrected chi connectivity index (χ4v) is 2.96. The van der Waals surface area contributed by atoms with Crippen LogP contribution in [0.2, 0.25) is 0 Å². The lowest BCUT2D eigenvalue weighted by Gasteiger charge is -2.23. The minimum absolute atomic E-state index is 0.213. The predicted octanol–water partition coefficient (Wildman–Crippen LogP) is 0.835. The van der Waals surface area contributed by atoms with Crippen LogP contribution in [0, 0.1) is 0 Å². The Morgan fingerprint density at radius 3 is 1.90 bits per heavy atom. The van der Waals surface area contributed by atoms with E-state index in [1.54, 1.807) is 0 Å². The quantitative estimate of drug-likeness (QED) is 0.347. The number of carboxylic acids is 2. The van der Waals surface area contributed by atoms with Crippen molar-refractivity contribution in [2.24, 2.45) is 0 Å². The smallest absolute Gasteiger partial charge is 0.334 e. The number of aryl methyl sites for hydroxylation is 1. The number of benzene rings is 2. The maximum absolute atomic E-state index is 12.6. The Morgan fingerprint density at radius 1 is 0.800 bits per heavy atom. The van der Waals surface area contributed by atoms with Gasteiger partial charge >= 0.3 is 11.9 Å². The summed E-state index contributed by atoms with van der Waals surface area (Å²) in [4.78, 5) is 35.2. The van der Waals surface area contributed by atoms with Crippen molar-refractivity contribution in [1.29, 1.82) is 0 Å². The van der Waals surface area contributed by atoms with Gasteiger partial charge in [-0.25, -0.2) is 4.79 Å². The number of aliphatic hydroxyl groups is 1. The van der Waals surface area contributed by atoms with Crippen molar-refractivity contribution >= 4 is 17.8 Å². The van der Waals surface area contributed by atoms with Crippen molar-refractivity contribution < 1.29 is 29.7 Å². The number of carbonyl (C=O) groups excluding carboxylic acids is 1. The first-order chi connectivity index (χ1) is 14.4. The highest BCUT2D eigenvalue weighted by atomic mass is 16.4. The van der Waals surface area contributed by atoms with Crippen molar-refractivity contribution in [2.75, 3.05) is 6.54 Å². The topological polar surface area (TPSA) is 136 Å². The Labute approximate surface area is 174 Å². The van der Waals surface area contributed by atoms with E-state index >= 15 is 0 Å². The molecule has 0 aliphatic rings. The number of rotatable bonds is 12. The predicted molar refractivity (Wildman–Crippen MR) is 110 cm³/mol. The van der Waals surface area contributed by atoms with Crippen molar-refractivity contribution in [3.63, 3.8) is 0 Å². The van der Waals surface area contributed by atoms with Gasteiger partial charge in [-0.1, -0.05) is 60.7 Å². The molecule has 5 N–H and O–H groups in total. The minimum Gasteiger partial charge on any atom is -0.480 e. The number of aliphatic hydroxyl groups excluding tert-OH is 1. The lowest BCUT2D eigenvalue weighted by molar-refractivity contribution is -0.146. The second kappa shape index (κ2) is 11.7. The third kappa shape index (κ3) is 7.65. The normalized spacial score (nSPS) is 13.8. The summed E-state index contributed by atoms with van der Waals surface area (Å²) in [6.07, 6.45) is -0.734.